The number of aldehydes is 1. The van der Waals surface area contributed by atoms with E-state index >= 15 is 0 Å². The molecule has 0 aromatic carbocycles. The second-order valence-corrected chi connectivity index (χ2v) is 9.14. The monoisotopic (exact) mass is 422 g/mol. The van der Waals surface area contributed by atoms with Gasteiger partial charge in [-0.15, -0.1) is 6.58 Å². The summed E-state index contributed by atoms with van der Waals surface area (Å²) in [6, 6.07) is 0. The topological polar surface area (TPSA) is 26.3 Å². The van der Waals surface area contributed by atoms with Gasteiger partial charge in [0.1, 0.15) is 12.4 Å². The lowest BCUT2D eigenvalue weighted by atomic mass is 9.98. The second kappa shape index (κ2) is 24.4. The molecule has 0 bridgehead atoms. The van der Waals surface area contributed by atoms with Crippen molar-refractivity contribution in [1.29, 1.82) is 0 Å². The molecule has 1 rings (SSSR count). The first-order chi connectivity index (χ1) is 14.4. The van der Waals surface area contributed by atoms with Crippen molar-refractivity contribution < 1.29 is 9.53 Å². The van der Waals surface area contributed by atoms with Gasteiger partial charge in [-0.2, -0.15) is 0 Å². The molecule has 0 N–H and O–H groups in total. The average molecular weight is 423 g/mol. The molecular weight excluding hydrogens is 368 g/mol. The van der Waals surface area contributed by atoms with Gasteiger partial charge >= 0.3 is 0 Å². The van der Waals surface area contributed by atoms with Gasteiger partial charge in [0.2, 0.25) is 0 Å². The first-order valence-electron chi connectivity index (χ1n) is 12.8. The first kappa shape index (κ1) is 31.3. The fourth-order valence-electron chi connectivity index (χ4n) is 3.33. The highest BCUT2D eigenvalue weighted by molar-refractivity contribution is 5.56. The first-order valence-corrected chi connectivity index (χ1v) is 12.8. The van der Waals surface area contributed by atoms with Crippen molar-refractivity contribution in [3.8, 4) is 0 Å². The number of hydrogen-bond donors (Lipinski definition) is 0. The molecule has 2 heteroatoms. The third kappa shape index (κ3) is 23.4. The molecule has 3 unspecified atom stereocenters. The molecule has 0 saturated carbocycles. The van der Waals surface area contributed by atoms with Gasteiger partial charge in [0.25, 0.3) is 0 Å². The van der Waals surface area contributed by atoms with Crippen molar-refractivity contribution in [2.24, 2.45) is 11.8 Å². The largest absolute Gasteiger partial charge is 0.368 e. The Bertz CT molecular complexity index is 386. The molecule has 178 valence electrons. The number of allylic oxidation sites excluding steroid dienone is 3. The molecule has 1 aliphatic heterocycles. The van der Waals surface area contributed by atoms with Gasteiger partial charge in [-0.25, -0.2) is 0 Å². The standard InChI is InChI=1S/C12H22O2.C10H22.C6H10/c1-2-3-4-5-6-7-11-8-9-12(10-13)14-11;1-5-10(4)8-6-7-9(2)3;1-3-5-6-4-2/h10-12H,2-9H2,1H3;9-10H,5-8H2,1-4H3;3-4,6H,1,5H2,2H3. The van der Waals surface area contributed by atoms with Crippen LogP contribution in [0.25, 0.3) is 0 Å². The van der Waals surface area contributed by atoms with E-state index in [4.69, 9.17) is 4.74 Å². The Balaban J connectivity index is 0. The Labute approximate surface area is 189 Å². The van der Waals surface area contributed by atoms with Gasteiger partial charge in [0, 0.05) is 0 Å². The van der Waals surface area contributed by atoms with E-state index in [1.807, 2.05) is 19.1 Å². The summed E-state index contributed by atoms with van der Waals surface area (Å²) in [5.74, 6) is 1.84. The van der Waals surface area contributed by atoms with Crippen LogP contribution in [0.15, 0.2) is 24.8 Å². The maximum absolute atomic E-state index is 10.4. The van der Waals surface area contributed by atoms with E-state index in [0.717, 1.165) is 43.8 Å². The van der Waals surface area contributed by atoms with Crippen molar-refractivity contribution in [2.45, 2.75) is 137 Å². The zero-order chi connectivity index (χ0) is 23.0. The van der Waals surface area contributed by atoms with Gasteiger partial charge in [-0.05, 0) is 44.4 Å². The maximum Gasteiger partial charge on any atom is 0.148 e. The summed E-state index contributed by atoms with van der Waals surface area (Å²) in [5, 5.41) is 0. The second-order valence-electron chi connectivity index (χ2n) is 9.14. The molecule has 1 fully saturated rings. The van der Waals surface area contributed by atoms with Crippen LogP contribution in [0.1, 0.15) is 125 Å². The lowest BCUT2D eigenvalue weighted by Gasteiger charge is -2.09. The van der Waals surface area contributed by atoms with Gasteiger partial charge in [-0.3, -0.25) is 0 Å². The molecule has 1 saturated heterocycles. The molecule has 0 amide bonds. The van der Waals surface area contributed by atoms with Crippen molar-refractivity contribution in [1.82, 2.24) is 0 Å². The highest BCUT2D eigenvalue weighted by atomic mass is 16.5. The lowest BCUT2D eigenvalue weighted by Crippen LogP contribution is -2.11. The quantitative estimate of drug-likeness (QED) is 0.158. The molecule has 2 nitrogen and oxygen atoms in total. The van der Waals surface area contributed by atoms with Crippen LogP contribution in [0, 0.1) is 11.8 Å². The summed E-state index contributed by atoms with van der Waals surface area (Å²) >= 11 is 0. The van der Waals surface area contributed by atoms with E-state index in [-0.39, 0.29) is 6.10 Å². The molecule has 1 aliphatic rings. The van der Waals surface area contributed by atoms with Crippen molar-refractivity contribution in [3.63, 3.8) is 0 Å². The number of carbonyl (C=O) groups is 1. The predicted molar refractivity (Wildman–Crippen MR) is 135 cm³/mol. The molecule has 0 spiro atoms. The Hall–Kier alpha value is -0.890. The summed E-state index contributed by atoms with van der Waals surface area (Å²) in [4.78, 5) is 10.4. The average Bonchev–Trinajstić information content (AvgIpc) is 3.20. The fraction of sp³-hybridized carbons (Fsp3) is 0.821. The predicted octanol–water partition coefficient (Wildman–Crippen LogP) is 9.09. The minimum absolute atomic E-state index is 0.101. The fourth-order valence-corrected chi connectivity index (χ4v) is 3.33. The van der Waals surface area contributed by atoms with E-state index in [9.17, 15) is 4.79 Å². The number of hydrogen-bond acceptors (Lipinski definition) is 2. The van der Waals surface area contributed by atoms with Crippen LogP contribution in [0.3, 0.4) is 0 Å². The van der Waals surface area contributed by atoms with Crippen molar-refractivity contribution in [2.75, 3.05) is 0 Å². The summed E-state index contributed by atoms with van der Waals surface area (Å²) in [6.45, 7) is 17.0. The minimum atomic E-state index is -0.101. The summed E-state index contributed by atoms with van der Waals surface area (Å²) in [5.41, 5.74) is 0. The molecule has 1 heterocycles. The maximum atomic E-state index is 10.4. The van der Waals surface area contributed by atoms with Crippen LogP contribution in [0.4, 0.5) is 0 Å². The minimum Gasteiger partial charge on any atom is -0.368 e. The normalized spacial score (nSPS) is 19.0. The Kier molecular flexibility index (Phi) is 25.4. The molecule has 0 radical (unpaired) electrons. The van der Waals surface area contributed by atoms with Gasteiger partial charge < -0.3 is 9.53 Å². The highest BCUT2D eigenvalue weighted by Gasteiger charge is 2.23. The van der Waals surface area contributed by atoms with Crippen LogP contribution >= 0.6 is 0 Å². The number of ether oxygens (including phenoxy) is 1. The summed E-state index contributed by atoms with van der Waals surface area (Å²) in [6.07, 6.45) is 23.5. The third-order valence-electron chi connectivity index (χ3n) is 5.64. The zero-order valence-electron chi connectivity index (χ0n) is 21.3. The van der Waals surface area contributed by atoms with E-state index < -0.39 is 0 Å². The van der Waals surface area contributed by atoms with Gasteiger partial charge in [0.05, 0.1) is 6.10 Å². The molecule has 3 atom stereocenters. The summed E-state index contributed by atoms with van der Waals surface area (Å²) in [7, 11) is 0. The zero-order valence-corrected chi connectivity index (χ0v) is 21.3. The summed E-state index contributed by atoms with van der Waals surface area (Å²) < 4.78 is 5.55. The van der Waals surface area contributed by atoms with E-state index in [2.05, 4.69) is 47.3 Å². The van der Waals surface area contributed by atoms with E-state index in [1.54, 1.807) is 0 Å². The third-order valence-corrected chi connectivity index (χ3v) is 5.64. The lowest BCUT2D eigenvalue weighted by molar-refractivity contribution is -0.117. The van der Waals surface area contributed by atoms with Crippen LogP contribution < -0.4 is 0 Å². The Morgan fingerprint density at radius 3 is 2.17 bits per heavy atom. The Morgan fingerprint density at radius 2 is 1.70 bits per heavy atom. The van der Waals surface area contributed by atoms with Crippen LogP contribution in [-0.4, -0.2) is 18.5 Å². The van der Waals surface area contributed by atoms with Crippen molar-refractivity contribution in [3.05, 3.63) is 24.8 Å². The number of unbranched alkanes of at least 4 members (excludes halogenated alkanes) is 4. The van der Waals surface area contributed by atoms with Crippen LogP contribution in [-0.2, 0) is 9.53 Å². The van der Waals surface area contributed by atoms with Crippen molar-refractivity contribution >= 4 is 6.29 Å². The van der Waals surface area contributed by atoms with Crippen LogP contribution in [0.2, 0.25) is 0 Å². The van der Waals surface area contributed by atoms with Gasteiger partial charge in [0.15, 0.2) is 0 Å². The molecule has 0 aliphatic carbocycles. The molecule has 0 aromatic heterocycles. The number of rotatable bonds is 14. The SMILES string of the molecule is C=CCC=CC.CCC(C)CCCC(C)C.CCCCCCCC1CCC(C=O)O1. The van der Waals surface area contributed by atoms with Crippen LogP contribution in [0.5, 0.6) is 0 Å². The Morgan fingerprint density at radius 1 is 1.00 bits per heavy atom. The molecule has 30 heavy (non-hydrogen) atoms. The van der Waals surface area contributed by atoms with Gasteiger partial charge in [-0.1, -0.05) is 111 Å². The molecular formula is C28H54O2. The molecule has 0 aromatic rings. The van der Waals surface area contributed by atoms with E-state index in [0.29, 0.717) is 6.10 Å². The van der Waals surface area contributed by atoms with E-state index in [1.165, 1.54) is 57.8 Å². The smallest absolute Gasteiger partial charge is 0.148 e. The number of carbonyl (C=O) groups excluding carboxylic acids is 1. The highest BCUT2D eigenvalue weighted by Crippen LogP contribution is 2.23.